The van der Waals surface area contributed by atoms with Crippen molar-refractivity contribution in [1.82, 2.24) is 15.1 Å². The number of hydrogen-bond donors (Lipinski definition) is 2. The summed E-state index contributed by atoms with van der Waals surface area (Å²) in [4.78, 5) is 21.4. The molecule has 0 fully saturated rings. The fourth-order valence-electron chi connectivity index (χ4n) is 1.29. The Hall–Kier alpha value is -1.85. The third-order valence-electron chi connectivity index (χ3n) is 2.19. The van der Waals surface area contributed by atoms with Gasteiger partial charge in [-0.3, -0.25) is 14.3 Å². The summed E-state index contributed by atoms with van der Waals surface area (Å²) in [6.07, 6.45) is 2.29. The Bertz CT molecular complexity index is 373. The maximum atomic E-state index is 11.2. The molecule has 0 atom stereocenters. The van der Waals surface area contributed by atoms with Gasteiger partial charge in [-0.25, -0.2) is 0 Å². The second-order valence-electron chi connectivity index (χ2n) is 3.44. The molecular weight excluding hydrogens is 210 g/mol. The molecule has 6 heteroatoms. The molecule has 1 amide bonds. The zero-order chi connectivity index (χ0) is 12.0. The van der Waals surface area contributed by atoms with Crippen LogP contribution in [0.2, 0.25) is 0 Å². The van der Waals surface area contributed by atoms with E-state index >= 15 is 0 Å². The molecule has 6 nitrogen and oxygen atoms in total. The minimum atomic E-state index is -0.957. The standard InChI is InChI=1S/C10H15N3O3/c1-13-8(5-7-12-13)4-6-11-9(14)2-3-10(15)16/h5,7H,2-4,6H2,1H3,(H,11,14)(H,15,16). The number of aromatic nitrogens is 2. The van der Waals surface area contributed by atoms with Crippen molar-refractivity contribution < 1.29 is 14.7 Å². The van der Waals surface area contributed by atoms with Gasteiger partial charge in [0.25, 0.3) is 0 Å². The Kier molecular flexibility index (Phi) is 4.50. The van der Waals surface area contributed by atoms with Crippen molar-refractivity contribution in [3.05, 3.63) is 18.0 Å². The summed E-state index contributed by atoms with van der Waals surface area (Å²) in [7, 11) is 1.83. The van der Waals surface area contributed by atoms with Crippen LogP contribution < -0.4 is 5.32 Å². The number of rotatable bonds is 6. The van der Waals surface area contributed by atoms with Crippen LogP contribution in [0, 0.1) is 0 Å². The molecule has 0 aliphatic rings. The van der Waals surface area contributed by atoms with Gasteiger partial charge in [-0.05, 0) is 6.07 Å². The van der Waals surface area contributed by atoms with Gasteiger partial charge in [-0.2, -0.15) is 5.10 Å². The molecular formula is C10H15N3O3. The van der Waals surface area contributed by atoms with Crippen molar-refractivity contribution >= 4 is 11.9 Å². The molecule has 2 N–H and O–H groups in total. The van der Waals surface area contributed by atoms with E-state index in [4.69, 9.17) is 5.11 Å². The van der Waals surface area contributed by atoms with Gasteiger partial charge in [0, 0.05) is 38.3 Å². The van der Waals surface area contributed by atoms with E-state index < -0.39 is 5.97 Å². The molecule has 0 unspecified atom stereocenters. The van der Waals surface area contributed by atoms with E-state index in [1.807, 2.05) is 13.1 Å². The van der Waals surface area contributed by atoms with Crippen LogP contribution in [-0.4, -0.2) is 33.3 Å². The highest BCUT2D eigenvalue weighted by Gasteiger charge is 2.05. The second kappa shape index (κ2) is 5.89. The average Bonchev–Trinajstić information content (AvgIpc) is 2.61. The minimum Gasteiger partial charge on any atom is -0.481 e. The molecule has 0 aliphatic carbocycles. The van der Waals surface area contributed by atoms with Crippen molar-refractivity contribution in [1.29, 1.82) is 0 Å². The Morgan fingerprint density at radius 2 is 2.25 bits per heavy atom. The lowest BCUT2D eigenvalue weighted by Crippen LogP contribution is -2.26. The van der Waals surface area contributed by atoms with E-state index in [0.29, 0.717) is 13.0 Å². The van der Waals surface area contributed by atoms with Gasteiger partial charge in [-0.15, -0.1) is 0 Å². The van der Waals surface area contributed by atoms with Crippen LogP contribution in [0.3, 0.4) is 0 Å². The number of aryl methyl sites for hydroxylation is 1. The molecule has 0 spiro atoms. The van der Waals surface area contributed by atoms with Crippen molar-refractivity contribution in [3.63, 3.8) is 0 Å². The van der Waals surface area contributed by atoms with Gasteiger partial charge in [0.1, 0.15) is 0 Å². The summed E-state index contributed by atoms with van der Waals surface area (Å²) in [5.41, 5.74) is 1.03. The summed E-state index contributed by atoms with van der Waals surface area (Å²) in [6, 6.07) is 1.88. The van der Waals surface area contributed by atoms with Crippen molar-refractivity contribution in [2.45, 2.75) is 19.3 Å². The second-order valence-corrected chi connectivity index (χ2v) is 3.44. The predicted molar refractivity (Wildman–Crippen MR) is 56.8 cm³/mol. The monoisotopic (exact) mass is 225 g/mol. The summed E-state index contributed by atoms with van der Waals surface area (Å²) in [5, 5.41) is 15.0. The van der Waals surface area contributed by atoms with Gasteiger partial charge >= 0.3 is 5.97 Å². The lowest BCUT2D eigenvalue weighted by atomic mass is 10.2. The van der Waals surface area contributed by atoms with Crippen molar-refractivity contribution in [3.8, 4) is 0 Å². The zero-order valence-electron chi connectivity index (χ0n) is 9.14. The van der Waals surface area contributed by atoms with E-state index in [2.05, 4.69) is 10.4 Å². The van der Waals surface area contributed by atoms with Crippen LogP contribution >= 0.6 is 0 Å². The van der Waals surface area contributed by atoms with Gasteiger partial charge in [-0.1, -0.05) is 0 Å². The highest BCUT2D eigenvalue weighted by Crippen LogP contribution is 1.96. The third-order valence-corrected chi connectivity index (χ3v) is 2.19. The molecule has 0 bridgehead atoms. The topological polar surface area (TPSA) is 84.2 Å². The smallest absolute Gasteiger partial charge is 0.303 e. The highest BCUT2D eigenvalue weighted by molar-refractivity contribution is 5.80. The number of nitrogens with one attached hydrogen (secondary N) is 1. The zero-order valence-corrected chi connectivity index (χ0v) is 9.14. The highest BCUT2D eigenvalue weighted by atomic mass is 16.4. The number of carboxylic acid groups (broad SMARTS) is 1. The average molecular weight is 225 g/mol. The van der Waals surface area contributed by atoms with Gasteiger partial charge in [0.15, 0.2) is 0 Å². The normalized spacial score (nSPS) is 10.1. The quantitative estimate of drug-likeness (QED) is 0.710. The molecule has 0 aromatic carbocycles. The number of carboxylic acids is 1. The van der Waals surface area contributed by atoms with E-state index in [1.165, 1.54) is 0 Å². The molecule has 88 valence electrons. The summed E-state index contributed by atoms with van der Waals surface area (Å²) in [5.74, 6) is -1.19. The molecule has 16 heavy (non-hydrogen) atoms. The first-order valence-electron chi connectivity index (χ1n) is 5.05. The molecule has 0 saturated carbocycles. The SMILES string of the molecule is Cn1nccc1CCNC(=O)CCC(=O)O. The number of amides is 1. The third kappa shape index (κ3) is 4.12. The Balaban J connectivity index is 2.18. The molecule has 1 heterocycles. The van der Waals surface area contributed by atoms with Crippen LogP contribution in [0.4, 0.5) is 0 Å². The van der Waals surface area contributed by atoms with Crippen LogP contribution in [0.5, 0.6) is 0 Å². The summed E-state index contributed by atoms with van der Waals surface area (Å²) in [6.45, 7) is 0.498. The van der Waals surface area contributed by atoms with E-state index in [1.54, 1.807) is 10.9 Å². The first kappa shape index (κ1) is 12.2. The fraction of sp³-hybridized carbons (Fsp3) is 0.500. The van der Waals surface area contributed by atoms with E-state index in [0.717, 1.165) is 5.69 Å². The van der Waals surface area contributed by atoms with E-state index in [-0.39, 0.29) is 18.7 Å². The predicted octanol–water partition coefficient (Wildman–Crippen LogP) is -0.0564. The summed E-state index contributed by atoms with van der Waals surface area (Å²) >= 11 is 0. The van der Waals surface area contributed by atoms with E-state index in [9.17, 15) is 9.59 Å². The Morgan fingerprint density at radius 1 is 1.50 bits per heavy atom. The van der Waals surface area contributed by atoms with Gasteiger partial charge in [0.05, 0.1) is 6.42 Å². The summed E-state index contributed by atoms with van der Waals surface area (Å²) < 4.78 is 1.74. The van der Waals surface area contributed by atoms with Crippen LogP contribution in [-0.2, 0) is 23.1 Å². The maximum absolute atomic E-state index is 11.2. The Morgan fingerprint density at radius 3 is 2.81 bits per heavy atom. The number of hydrogen-bond acceptors (Lipinski definition) is 3. The lowest BCUT2D eigenvalue weighted by Gasteiger charge is -2.04. The number of carbonyl (C=O) groups is 2. The Labute approximate surface area is 93.3 Å². The number of carbonyl (C=O) groups excluding carboxylic acids is 1. The van der Waals surface area contributed by atoms with Crippen molar-refractivity contribution in [2.24, 2.45) is 7.05 Å². The molecule has 0 radical (unpaired) electrons. The first-order valence-corrected chi connectivity index (χ1v) is 5.05. The van der Waals surface area contributed by atoms with Crippen LogP contribution in [0.25, 0.3) is 0 Å². The maximum Gasteiger partial charge on any atom is 0.303 e. The largest absolute Gasteiger partial charge is 0.481 e. The first-order chi connectivity index (χ1) is 7.59. The van der Waals surface area contributed by atoms with Gasteiger partial charge < -0.3 is 10.4 Å². The number of aliphatic carboxylic acids is 1. The van der Waals surface area contributed by atoms with Crippen LogP contribution in [0.15, 0.2) is 12.3 Å². The van der Waals surface area contributed by atoms with Crippen molar-refractivity contribution in [2.75, 3.05) is 6.54 Å². The molecule has 0 saturated heterocycles. The molecule has 1 aromatic rings. The number of nitrogens with zero attached hydrogens (tertiary/aromatic N) is 2. The molecule has 1 aromatic heterocycles. The fourth-order valence-corrected chi connectivity index (χ4v) is 1.29. The van der Waals surface area contributed by atoms with Gasteiger partial charge in [0.2, 0.25) is 5.91 Å². The minimum absolute atomic E-state index is 0.0285. The molecule has 0 aliphatic heterocycles. The molecule has 1 rings (SSSR count). The van der Waals surface area contributed by atoms with Crippen LogP contribution in [0.1, 0.15) is 18.5 Å². The lowest BCUT2D eigenvalue weighted by molar-refractivity contribution is -0.138.